The molecule has 1 heterocycles. The van der Waals surface area contributed by atoms with Gasteiger partial charge in [0, 0.05) is 25.3 Å². The van der Waals surface area contributed by atoms with Crippen molar-refractivity contribution in [3.63, 3.8) is 0 Å². The van der Waals surface area contributed by atoms with E-state index in [-0.39, 0.29) is 0 Å². The molecule has 0 aromatic heterocycles. The fraction of sp³-hybridized carbons (Fsp3) is 0.538. The average molecular weight is 236 g/mol. The molecular weight excluding hydrogens is 216 g/mol. The summed E-state index contributed by atoms with van der Waals surface area (Å²) in [5.74, 6) is 0.924. The quantitative estimate of drug-likeness (QED) is 0.800. The van der Waals surface area contributed by atoms with E-state index in [1.807, 2.05) is 25.1 Å². The molecule has 0 unspecified atom stereocenters. The first kappa shape index (κ1) is 12.2. The second kappa shape index (κ2) is 5.89. The molecule has 1 aromatic carbocycles. The number of aryl methyl sites for hydroxylation is 1. The molecule has 1 fully saturated rings. The first-order valence-electron chi connectivity index (χ1n) is 6.05. The molecule has 0 amide bonds. The molecule has 1 aromatic rings. The van der Waals surface area contributed by atoms with Crippen molar-refractivity contribution in [2.24, 2.45) is 0 Å². The molecule has 4 nitrogen and oxygen atoms in total. The predicted molar refractivity (Wildman–Crippen MR) is 68.3 cm³/mol. The van der Waals surface area contributed by atoms with Crippen LogP contribution in [0.2, 0.25) is 0 Å². The van der Waals surface area contributed by atoms with Gasteiger partial charge in [-0.1, -0.05) is 0 Å². The van der Waals surface area contributed by atoms with Gasteiger partial charge in [-0.2, -0.15) is 0 Å². The van der Waals surface area contributed by atoms with Gasteiger partial charge in [0.25, 0.3) is 0 Å². The fourth-order valence-electron chi connectivity index (χ4n) is 1.94. The van der Waals surface area contributed by atoms with Crippen LogP contribution in [0, 0.1) is 6.92 Å². The molecular formula is C13H20N2O2. The zero-order chi connectivity index (χ0) is 12.1. The van der Waals surface area contributed by atoms with Gasteiger partial charge in [0.2, 0.25) is 0 Å². The number of benzene rings is 1. The van der Waals surface area contributed by atoms with Crippen molar-refractivity contribution in [2.75, 3.05) is 45.2 Å². The molecule has 1 aliphatic heterocycles. The van der Waals surface area contributed by atoms with E-state index in [4.69, 9.17) is 15.2 Å². The highest BCUT2D eigenvalue weighted by Gasteiger charge is 2.09. The second-order valence-corrected chi connectivity index (χ2v) is 4.33. The van der Waals surface area contributed by atoms with E-state index in [0.717, 1.165) is 49.8 Å². The van der Waals surface area contributed by atoms with Gasteiger partial charge in [-0.25, -0.2) is 0 Å². The third-order valence-electron chi connectivity index (χ3n) is 2.97. The first-order chi connectivity index (χ1) is 8.25. The summed E-state index contributed by atoms with van der Waals surface area (Å²) in [6.07, 6.45) is 0. The van der Waals surface area contributed by atoms with Crippen molar-refractivity contribution < 1.29 is 9.47 Å². The highest BCUT2D eigenvalue weighted by Crippen LogP contribution is 2.19. The molecule has 0 spiro atoms. The zero-order valence-electron chi connectivity index (χ0n) is 10.3. The number of nitrogens with two attached hydrogens (primary N) is 1. The van der Waals surface area contributed by atoms with Crippen LogP contribution in [0.4, 0.5) is 5.69 Å². The number of nitrogens with zero attached hydrogens (tertiary/aromatic N) is 1. The molecule has 94 valence electrons. The summed E-state index contributed by atoms with van der Waals surface area (Å²) in [6, 6.07) is 5.74. The Morgan fingerprint density at radius 2 is 2.12 bits per heavy atom. The van der Waals surface area contributed by atoms with Crippen molar-refractivity contribution >= 4 is 5.69 Å². The fourth-order valence-corrected chi connectivity index (χ4v) is 1.94. The SMILES string of the molecule is Cc1cc(N)ccc1OCCN1CCOCC1. The van der Waals surface area contributed by atoms with Crippen LogP contribution in [-0.4, -0.2) is 44.4 Å². The molecule has 0 atom stereocenters. The van der Waals surface area contributed by atoms with Crippen molar-refractivity contribution in [1.29, 1.82) is 0 Å². The smallest absolute Gasteiger partial charge is 0.122 e. The minimum atomic E-state index is 0.713. The molecule has 0 radical (unpaired) electrons. The number of morpholine rings is 1. The molecule has 1 aliphatic rings. The first-order valence-corrected chi connectivity index (χ1v) is 6.05. The van der Waals surface area contributed by atoms with Gasteiger partial charge in [-0.15, -0.1) is 0 Å². The van der Waals surface area contributed by atoms with Crippen molar-refractivity contribution in [3.05, 3.63) is 23.8 Å². The number of anilines is 1. The van der Waals surface area contributed by atoms with Gasteiger partial charge >= 0.3 is 0 Å². The largest absolute Gasteiger partial charge is 0.492 e. The van der Waals surface area contributed by atoms with Crippen LogP contribution >= 0.6 is 0 Å². The molecule has 4 heteroatoms. The maximum atomic E-state index is 5.76. The Labute approximate surface area is 102 Å². The van der Waals surface area contributed by atoms with Gasteiger partial charge in [-0.3, -0.25) is 4.90 Å². The molecule has 0 saturated carbocycles. The average Bonchev–Trinajstić information content (AvgIpc) is 2.33. The molecule has 17 heavy (non-hydrogen) atoms. The van der Waals surface area contributed by atoms with Gasteiger partial charge < -0.3 is 15.2 Å². The third kappa shape index (κ3) is 3.61. The zero-order valence-corrected chi connectivity index (χ0v) is 10.3. The highest BCUT2D eigenvalue weighted by atomic mass is 16.5. The predicted octanol–water partition coefficient (Wildman–Crippen LogP) is 1.29. The minimum absolute atomic E-state index is 0.713. The summed E-state index contributed by atoms with van der Waals surface area (Å²) in [6.45, 7) is 7.36. The number of ether oxygens (including phenoxy) is 2. The lowest BCUT2D eigenvalue weighted by Gasteiger charge is -2.26. The standard InChI is InChI=1S/C13H20N2O2/c1-11-10-12(14)2-3-13(11)17-9-6-15-4-7-16-8-5-15/h2-3,10H,4-9,14H2,1H3. The Balaban J connectivity index is 1.77. The van der Waals surface area contributed by atoms with E-state index >= 15 is 0 Å². The Bertz CT molecular complexity index is 362. The summed E-state index contributed by atoms with van der Waals surface area (Å²) >= 11 is 0. The second-order valence-electron chi connectivity index (χ2n) is 4.33. The minimum Gasteiger partial charge on any atom is -0.492 e. The molecule has 0 bridgehead atoms. The van der Waals surface area contributed by atoms with Crippen molar-refractivity contribution in [2.45, 2.75) is 6.92 Å². The number of hydrogen-bond acceptors (Lipinski definition) is 4. The Kier molecular flexibility index (Phi) is 4.23. The van der Waals surface area contributed by atoms with E-state index in [1.54, 1.807) is 0 Å². The maximum absolute atomic E-state index is 5.76. The van der Waals surface area contributed by atoms with Gasteiger partial charge in [0.05, 0.1) is 13.2 Å². The van der Waals surface area contributed by atoms with E-state index in [9.17, 15) is 0 Å². The molecule has 1 saturated heterocycles. The van der Waals surface area contributed by atoms with Crippen LogP contribution in [0.3, 0.4) is 0 Å². The van der Waals surface area contributed by atoms with E-state index in [0.29, 0.717) is 6.61 Å². The molecule has 2 N–H and O–H groups in total. The van der Waals surface area contributed by atoms with Crippen LogP contribution in [0.5, 0.6) is 5.75 Å². The van der Waals surface area contributed by atoms with Crippen LogP contribution in [-0.2, 0) is 4.74 Å². The summed E-state index contributed by atoms with van der Waals surface area (Å²) in [7, 11) is 0. The van der Waals surface area contributed by atoms with Gasteiger partial charge in [-0.05, 0) is 30.7 Å². The van der Waals surface area contributed by atoms with E-state index in [1.165, 1.54) is 0 Å². The molecule has 0 aliphatic carbocycles. The lowest BCUT2D eigenvalue weighted by molar-refractivity contribution is 0.0322. The van der Waals surface area contributed by atoms with E-state index < -0.39 is 0 Å². The Hall–Kier alpha value is -1.26. The maximum Gasteiger partial charge on any atom is 0.122 e. The number of hydrogen-bond donors (Lipinski definition) is 1. The number of nitrogen functional groups attached to an aromatic ring is 1. The Morgan fingerprint density at radius 3 is 2.82 bits per heavy atom. The summed E-state index contributed by atoms with van der Waals surface area (Å²) in [5, 5.41) is 0. The van der Waals surface area contributed by atoms with Gasteiger partial charge in [0.15, 0.2) is 0 Å². The van der Waals surface area contributed by atoms with E-state index in [2.05, 4.69) is 4.90 Å². The summed E-state index contributed by atoms with van der Waals surface area (Å²) in [4.78, 5) is 2.36. The normalized spacial score (nSPS) is 17.0. The van der Waals surface area contributed by atoms with Crippen molar-refractivity contribution in [1.82, 2.24) is 4.90 Å². The third-order valence-corrected chi connectivity index (χ3v) is 2.97. The van der Waals surface area contributed by atoms with Crippen LogP contribution in [0.15, 0.2) is 18.2 Å². The summed E-state index contributed by atoms with van der Waals surface area (Å²) < 4.78 is 11.1. The van der Waals surface area contributed by atoms with Gasteiger partial charge in [0.1, 0.15) is 12.4 Å². The number of rotatable bonds is 4. The van der Waals surface area contributed by atoms with Crippen LogP contribution in [0.1, 0.15) is 5.56 Å². The topological polar surface area (TPSA) is 47.7 Å². The highest BCUT2D eigenvalue weighted by molar-refractivity contribution is 5.47. The Morgan fingerprint density at radius 1 is 1.35 bits per heavy atom. The van der Waals surface area contributed by atoms with Crippen LogP contribution < -0.4 is 10.5 Å². The molecule has 2 rings (SSSR count). The lowest BCUT2D eigenvalue weighted by Crippen LogP contribution is -2.38. The van der Waals surface area contributed by atoms with Crippen LogP contribution in [0.25, 0.3) is 0 Å². The monoisotopic (exact) mass is 236 g/mol. The lowest BCUT2D eigenvalue weighted by atomic mass is 10.2. The van der Waals surface area contributed by atoms with Crippen molar-refractivity contribution in [3.8, 4) is 5.75 Å². The summed E-state index contributed by atoms with van der Waals surface area (Å²) in [5.41, 5.74) is 7.57.